The average molecular weight is 285 g/mol. The first-order chi connectivity index (χ1) is 9.36. The van der Waals surface area contributed by atoms with Crippen LogP contribution >= 0.6 is 0 Å². The summed E-state index contributed by atoms with van der Waals surface area (Å²) < 4.78 is 38.8. The van der Waals surface area contributed by atoms with Crippen LogP contribution in [0.3, 0.4) is 0 Å². The Labute approximate surface area is 118 Å². The van der Waals surface area contributed by atoms with Crippen LogP contribution < -0.4 is 5.32 Å². The predicted molar refractivity (Wildman–Crippen MR) is 74.4 cm³/mol. The highest BCUT2D eigenvalue weighted by atomic mass is 19.4. The van der Waals surface area contributed by atoms with Crippen molar-refractivity contribution in [2.24, 2.45) is 5.92 Å². The standard InChI is InChI=1S/C16H22F3N/c1-12(2)15(9-4-3-5-10-20-15)13-7-6-8-14(11-13)16(17,18)19/h6-8,11-12,20H,3-5,9-10H2,1-2H3. The second kappa shape index (κ2) is 5.76. The molecule has 0 spiro atoms. The molecule has 2 rings (SSSR count). The molecule has 20 heavy (non-hydrogen) atoms. The topological polar surface area (TPSA) is 12.0 Å². The van der Waals surface area contributed by atoms with Gasteiger partial charge in [0.2, 0.25) is 0 Å². The van der Waals surface area contributed by atoms with Gasteiger partial charge in [0.05, 0.1) is 5.56 Å². The predicted octanol–water partition coefficient (Wildman–Crippen LogP) is 4.72. The Morgan fingerprint density at radius 1 is 1.15 bits per heavy atom. The Morgan fingerprint density at radius 2 is 1.90 bits per heavy atom. The summed E-state index contributed by atoms with van der Waals surface area (Å²) in [7, 11) is 0. The van der Waals surface area contributed by atoms with E-state index in [-0.39, 0.29) is 11.5 Å². The van der Waals surface area contributed by atoms with Gasteiger partial charge in [-0.15, -0.1) is 0 Å². The molecule has 112 valence electrons. The number of benzene rings is 1. The summed E-state index contributed by atoms with van der Waals surface area (Å²) in [6.07, 6.45) is -0.0970. The van der Waals surface area contributed by atoms with Gasteiger partial charge >= 0.3 is 6.18 Å². The lowest BCUT2D eigenvalue weighted by molar-refractivity contribution is -0.137. The van der Waals surface area contributed by atoms with Gasteiger partial charge in [-0.05, 0) is 43.0 Å². The largest absolute Gasteiger partial charge is 0.416 e. The third-order valence-electron chi connectivity index (χ3n) is 4.38. The molecule has 1 N–H and O–H groups in total. The first-order valence-corrected chi connectivity index (χ1v) is 7.29. The van der Waals surface area contributed by atoms with E-state index in [1.54, 1.807) is 0 Å². The van der Waals surface area contributed by atoms with Gasteiger partial charge in [0.15, 0.2) is 0 Å². The molecule has 1 aliphatic heterocycles. The fraction of sp³-hybridized carbons (Fsp3) is 0.625. The van der Waals surface area contributed by atoms with Crippen LogP contribution in [0, 0.1) is 5.92 Å². The van der Waals surface area contributed by atoms with Crippen molar-refractivity contribution in [1.82, 2.24) is 5.32 Å². The number of hydrogen-bond acceptors (Lipinski definition) is 1. The average Bonchev–Trinajstić information content (AvgIpc) is 2.64. The van der Waals surface area contributed by atoms with Crippen LogP contribution in [-0.4, -0.2) is 6.54 Å². The summed E-state index contributed by atoms with van der Waals surface area (Å²) in [5, 5.41) is 3.52. The second-order valence-corrected chi connectivity index (χ2v) is 5.94. The minimum absolute atomic E-state index is 0.254. The van der Waals surface area contributed by atoms with Crippen molar-refractivity contribution in [3.05, 3.63) is 35.4 Å². The summed E-state index contributed by atoms with van der Waals surface area (Å²) in [6, 6.07) is 5.81. The van der Waals surface area contributed by atoms with Gasteiger partial charge < -0.3 is 5.32 Å². The summed E-state index contributed by atoms with van der Waals surface area (Å²) in [4.78, 5) is 0. The van der Waals surface area contributed by atoms with Crippen molar-refractivity contribution >= 4 is 0 Å². The molecule has 0 saturated carbocycles. The zero-order valence-corrected chi connectivity index (χ0v) is 12.1. The van der Waals surface area contributed by atoms with Gasteiger partial charge in [-0.3, -0.25) is 0 Å². The molecule has 0 radical (unpaired) electrons. The molecule has 1 fully saturated rings. The van der Waals surface area contributed by atoms with Crippen LogP contribution in [0.25, 0.3) is 0 Å². The Bertz CT molecular complexity index is 443. The van der Waals surface area contributed by atoms with Crippen LogP contribution in [0.1, 0.15) is 50.7 Å². The van der Waals surface area contributed by atoms with E-state index in [9.17, 15) is 13.2 Å². The Balaban J connectivity index is 2.44. The lowest BCUT2D eigenvalue weighted by Gasteiger charge is -2.39. The Hall–Kier alpha value is -1.03. The van der Waals surface area contributed by atoms with Gasteiger partial charge in [0, 0.05) is 5.54 Å². The molecule has 1 aromatic rings. The second-order valence-electron chi connectivity index (χ2n) is 5.94. The molecule has 0 aromatic heterocycles. The van der Waals surface area contributed by atoms with Crippen molar-refractivity contribution in [3.63, 3.8) is 0 Å². The first-order valence-electron chi connectivity index (χ1n) is 7.29. The highest BCUT2D eigenvalue weighted by Gasteiger charge is 2.38. The molecule has 1 aromatic carbocycles. The van der Waals surface area contributed by atoms with E-state index >= 15 is 0 Å². The Kier molecular flexibility index (Phi) is 4.43. The molecular formula is C16H22F3N. The van der Waals surface area contributed by atoms with Crippen molar-refractivity contribution in [2.75, 3.05) is 6.54 Å². The zero-order valence-electron chi connectivity index (χ0n) is 12.1. The van der Waals surface area contributed by atoms with E-state index < -0.39 is 11.7 Å². The van der Waals surface area contributed by atoms with Crippen molar-refractivity contribution < 1.29 is 13.2 Å². The summed E-state index contributed by atoms with van der Waals surface area (Å²) in [6.45, 7) is 5.03. The number of rotatable bonds is 2. The van der Waals surface area contributed by atoms with Gasteiger partial charge in [0.1, 0.15) is 0 Å². The Morgan fingerprint density at radius 3 is 2.55 bits per heavy atom. The van der Waals surface area contributed by atoms with E-state index in [4.69, 9.17) is 0 Å². The monoisotopic (exact) mass is 285 g/mol. The van der Waals surface area contributed by atoms with E-state index in [2.05, 4.69) is 19.2 Å². The van der Waals surface area contributed by atoms with Crippen LogP contribution in [0.15, 0.2) is 24.3 Å². The maximum absolute atomic E-state index is 12.9. The van der Waals surface area contributed by atoms with Gasteiger partial charge in [-0.1, -0.05) is 38.8 Å². The molecule has 1 saturated heterocycles. The maximum atomic E-state index is 12.9. The number of alkyl halides is 3. The summed E-state index contributed by atoms with van der Waals surface area (Å²) in [5.41, 5.74) is -0.122. The molecular weight excluding hydrogens is 263 g/mol. The van der Waals surface area contributed by atoms with Crippen LogP contribution in [-0.2, 0) is 11.7 Å². The normalized spacial score (nSPS) is 24.7. The molecule has 0 bridgehead atoms. The quantitative estimate of drug-likeness (QED) is 0.829. The highest BCUT2D eigenvalue weighted by molar-refractivity contribution is 5.32. The van der Waals surface area contributed by atoms with E-state index in [0.29, 0.717) is 0 Å². The van der Waals surface area contributed by atoms with Crippen LogP contribution in [0.2, 0.25) is 0 Å². The molecule has 1 atom stereocenters. The van der Waals surface area contributed by atoms with E-state index in [1.807, 2.05) is 6.07 Å². The summed E-state index contributed by atoms with van der Waals surface area (Å²) in [5.74, 6) is 0.254. The van der Waals surface area contributed by atoms with Gasteiger partial charge in [-0.2, -0.15) is 13.2 Å². The lowest BCUT2D eigenvalue weighted by Crippen LogP contribution is -2.46. The number of hydrogen-bond donors (Lipinski definition) is 1. The van der Waals surface area contributed by atoms with Crippen LogP contribution in [0.5, 0.6) is 0 Å². The molecule has 0 aliphatic carbocycles. The van der Waals surface area contributed by atoms with Crippen molar-refractivity contribution in [2.45, 2.75) is 51.2 Å². The number of halogens is 3. The van der Waals surface area contributed by atoms with E-state index in [1.165, 1.54) is 12.1 Å². The molecule has 0 amide bonds. The smallest absolute Gasteiger partial charge is 0.307 e. The lowest BCUT2D eigenvalue weighted by atomic mass is 9.76. The molecule has 4 heteroatoms. The molecule has 1 heterocycles. The van der Waals surface area contributed by atoms with Crippen molar-refractivity contribution in [3.8, 4) is 0 Å². The summed E-state index contributed by atoms with van der Waals surface area (Å²) >= 11 is 0. The SMILES string of the molecule is CC(C)C1(c2cccc(C(F)(F)F)c2)CCCCCN1. The fourth-order valence-corrected chi connectivity index (χ4v) is 3.15. The van der Waals surface area contributed by atoms with E-state index in [0.717, 1.165) is 43.9 Å². The molecule has 1 nitrogen and oxygen atoms in total. The minimum Gasteiger partial charge on any atom is -0.307 e. The van der Waals surface area contributed by atoms with Gasteiger partial charge in [-0.25, -0.2) is 0 Å². The van der Waals surface area contributed by atoms with Crippen molar-refractivity contribution in [1.29, 1.82) is 0 Å². The minimum atomic E-state index is -4.28. The first kappa shape index (κ1) is 15.4. The van der Waals surface area contributed by atoms with Gasteiger partial charge in [0.25, 0.3) is 0 Å². The van der Waals surface area contributed by atoms with Crippen LogP contribution in [0.4, 0.5) is 13.2 Å². The molecule has 1 aliphatic rings. The zero-order chi connectivity index (χ0) is 14.8. The fourth-order valence-electron chi connectivity index (χ4n) is 3.15. The third kappa shape index (κ3) is 3.00. The molecule has 1 unspecified atom stereocenters. The third-order valence-corrected chi connectivity index (χ3v) is 4.38. The maximum Gasteiger partial charge on any atom is 0.416 e. The highest BCUT2D eigenvalue weighted by Crippen LogP contribution is 2.39. The number of nitrogens with one attached hydrogen (secondary N) is 1.